The van der Waals surface area contributed by atoms with Crippen LogP contribution < -0.4 is 0 Å². The van der Waals surface area contributed by atoms with E-state index in [-0.39, 0.29) is 18.3 Å². The van der Waals surface area contributed by atoms with Crippen molar-refractivity contribution in [2.75, 3.05) is 0 Å². The molecule has 0 saturated carbocycles. The van der Waals surface area contributed by atoms with Crippen molar-refractivity contribution in [3.05, 3.63) is 48.0 Å². The van der Waals surface area contributed by atoms with Crippen molar-refractivity contribution < 1.29 is 9.31 Å². The first-order chi connectivity index (χ1) is 10.4. The third-order valence-corrected chi connectivity index (χ3v) is 4.91. The van der Waals surface area contributed by atoms with Gasteiger partial charge in [0, 0.05) is 5.82 Å². The molecule has 1 saturated heterocycles. The normalized spacial score (nSPS) is 21.4. The zero-order chi connectivity index (χ0) is 16.2. The van der Waals surface area contributed by atoms with Crippen LogP contribution in [0.15, 0.2) is 42.5 Å². The van der Waals surface area contributed by atoms with Crippen LogP contribution >= 0.6 is 0 Å². The molecule has 1 aromatic rings. The molecular formula is C19H29BO2. The van der Waals surface area contributed by atoms with E-state index >= 15 is 0 Å². The highest BCUT2D eigenvalue weighted by Gasteiger charge is 2.52. The number of allylic oxidation sites excluding steroid dienone is 2. The summed E-state index contributed by atoms with van der Waals surface area (Å²) in [7, 11) is -0.142. The zero-order valence-corrected chi connectivity index (χ0v) is 14.6. The fourth-order valence-corrected chi connectivity index (χ4v) is 2.82. The topological polar surface area (TPSA) is 18.5 Å². The molecule has 1 aliphatic rings. The molecule has 3 heteroatoms. The van der Waals surface area contributed by atoms with E-state index in [9.17, 15) is 0 Å². The van der Waals surface area contributed by atoms with Gasteiger partial charge in [-0.25, -0.2) is 0 Å². The summed E-state index contributed by atoms with van der Waals surface area (Å²) in [6.07, 6.45) is 7.67. The quantitative estimate of drug-likeness (QED) is 0.541. The Balaban J connectivity index is 1.94. The molecule has 1 fully saturated rings. The van der Waals surface area contributed by atoms with Gasteiger partial charge in [0.1, 0.15) is 0 Å². The number of aryl methyl sites for hydroxylation is 1. The predicted octanol–water partition coefficient (Wildman–Crippen LogP) is 5.05. The summed E-state index contributed by atoms with van der Waals surface area (Å²) in [5.74, 6) is 0.315. The predicted molar refractivity (Wildman–Crippen MR) is 94.0 cm³/mol. The van der Waals surface area contributed by atoms with Gasteiger partial charge in [-0.05, 0) is 59.4 Å². The van der Waals surface area contributed by atoms with Crippen LogP contribution in [0, 0.1) is 0 Å². The van der Waals surface area contributed by atoms with E-state index in [1.54, 1.807) is 0 Å². The van der Waals surface area contributed by atoms with E-state index in [2.05, 4.69) is 77.1 Å². The van der Waals surface area contributed by atoms with E-state index in [4.69, 9.17) is 9.31 Å². The molecule has 0 spiro atoms. The summed E-state index contributed by atoms with van der Waals surface area (Å²) in [4.78, 5) is 0. The van der Waals surface area contributed by atoms with E-state index in [1.807, 2.05) is 0 Å². The Morgan fingerprint density at radius 3 is 2.18 bits per heavy atom. The van der Waals surface area contributed by atoms with Gasteiger partial charge in [-0.1, -0.05) is 42.5 Å². The first-order valence-electron chi connectivity index (χ1n) is 8.38. The Morgan fingerprint density at radius 2 is 1.64 bits per heavy atom. The van der Waals surface area contributed by atoms with Crippen LogP contribution in [0.4, 0.5) is 0 Å². The zero-order valence-electron chi connectivity index (χ0n) is 14.6. The van der Waals surface area contributed by atoms with Crippen LogP contribution in [0.3, 0.4) is 0 Å². The SMILES string of the molecule is C/C=C/C(CCCc1ccccc1)B1OC(C)(C)C(C)(C)O1. The molecule has 0 aromatic heterocycles. The maximum Gasteiger partial charge on any atom is 0.465 e. The Labute approximate surface area is 136 Å². The molecule has 2 rings (SSSR count). The second-order valence-corrected chi connectivity index (χ2v) is 7.19. The average molecular weight is 300 g/mol. The minimum Gasteiger partial charge on any atom is -0.403 e. The van der Waals surface area contributed by atoms with Gasteiger partial charge >= 0.3 is 7.12 Å². The fourth-order valence-electron chi connectivity index (χ4n) is 2.82. The van der Waals surface area contributed by atoms with Crippen molar-refractivity contribution in [3.63, 3.8) is 0 Å². The smallest absolute Gasteiger partial charge is 0.403 e. The third kappa shape index (κ3) is 4.02. The first kappa shape index (κ1) is 17.3. The van der Waals surface area contributed by atoms with Crippen molar-refractivity contribution in [2.24, 2.45) is 0 Å². The lowest BCUT2D eigenvalue weighted by molar-refractivity contribution is 0.00578. The summed E-state index contributed by atoms with van der Waals surface area (Å²) < 4.78 is 12.4. The largest absolute Gasteiger partial charge is 0.465 e. The Kier molecular flexibility index (Phi) is 5.52. The molecule has 120 valence electrons. The number of rotatable bonds is 6. The summed E-state index contributed by atoms with van der Waals surface area (Å²) in [6.45, 7) is 10.5. The van der Waals surface area contributed by atoms with Crippen LogP contribution in [0.2, 0.25) is 5.82 Å². The number of benzene rings is 1. The molecule has 0 aliphatic carbocycles. The minimum absolute atomic E-state index is 0.142. The van der Waals surface area contributed by atoms with Gasteiger partial charge in [0.2, 0.25) is 0 Å². The third-order valence-electron chi connectivity index (χ3n) is 4.91. The lowest BCUT2D eigenvalue weighted by Gasteiger charge is -2.32. The molecule has 1 aliphatic heterocycles. The molecule has 0 amide bonds. The monoisotopic (exact) mass is 300 g/mol. The first-order valence-corrected chi connectivity index (χ1v) is 8.38. The molecule has 0 bridgehead atoms. The van der Waals surface area contributed by atoms with Gasteiger partial charge in [-0.3, -0.25) is 0 Å². The second-order valence-electron chi connectivity index (χ2n) is 7.19. The van der Waals surface area contributed by atoms with E-state index < -0.39 is 0 Å². The highest BCUT2D eigenvalue weighted by molar-refractivity contribution is 6.48. The Bertz CT molecular complexity index is 477. The Hall–Kier alpha value is -1.06. The van der Waals surface area contributed by atoms with Gasteiger partial charge in [0.15, 0.2) is 0 Å². The van der Waals surface area contributed by atoms with Crippen molar-refractivity contribution in [2.45, 2.75) is 70.9 Å². The van der Waals surface area contributed by atoms with Crippen LogP contribution in [-0.2, 0) is 15.7 Å². The van der Waals surface area contributed by atoms with Crippen molar-refractivity contribution in [3.8, 4) is 0 Å². The van der Waals surface area contributed by atoms with Crippen molar-refractivity contribution in [1.29, 1.82) is 0 Å². The van der Waals surface area contributed by atoms with Gasteiger partial charge in [-0.2, -0.15) is 0 Å². The van der Waals surface area contributed by atoms with Crippen LogP contribution in [0.5, 0.6) is 0 Å². The maximum atomic E-state index is 6.21. The van der Waals surface area contributed by atoms with Crippen LogP contribution in [0.1, 0.15) is 53.0 Å². The second kappa shape index (κ2) is 7.01. The highest BCUT2D eigenvalue weighted by Crippen LogP contribution is 2.41. The molecule has 1 atom stereocenters. The minimum atomic E-state index is -0.253. The van der Waals surface area contributed by atoms with Crippen LogP contribution in [-0.4, -0.2) is 18.3 Å². The summed E-state index contributed by atoms with van der Waals surface area (Å²) >= 11 is 0. The number of hydrogen-bond acceptors (Lipinski definition) is 2. The van der Waals surface area contributed by atoms with Gasteiger partial charge in [-0.15, -0.1) is 0 Å². The summed E-state index contributed by atoms with van der Waals surface area (Å²) in [5, 5.41) is 0. The van der Waals surface area contributed by atoms with Crippen molar-refractivity contribution in [1.82, 2.24) is 0 Å². The maximum absolute atomic E-state index is 6.21. The standard InChI is InChI=1S/C19H29BO2/c1-6-11-17(15-10-14-16-12-8-7-9-13-16)20-21-18(2,3)19(4,5)22-20/h6-9,11-13,17H,10,14-15H2,1-5H3/b11-6+. The lowest BCUT2D eigenvalue weighted by Crippen LogP contribution is -2.41. The molecule has 2 nitrogen and oxygen atoms in total. The van der Waals surface area contributed by atoms with E-state index in [0.29, 0.717) is 5.82 Å². The van der Waals surface area contributed by atoms with Crippen LogP contribution in [0.25, 0.3) is 0 Å². The highest BCUT2D eigenvalue weighted by atomic mass is 16.7. The lowest BCUT2D eigenvalue weighted by atomic mass is 9.69. The molecule has 0 radical (unpaired) electrons. The molecular weight excluding hydrogens is 271 g/mol. The molecule has 1 aromatic carbocycles. The van der Waals surface area contributed by atoms with Gasteiger partial charge in [0.25, 0.3) is 0 Å². The number of hydrogen-bond donors (Lipinski definition) is 0. The average Bonchev–Trinajstić information content (AvgIpc) is 2.67. The molecule has 0 N–H and O–H groups in total. The van der Waals surface area contributed by atoms with E-state index in [0.717, 1.165) is 19.3 Å². The molecule has 1 heterocycles. The van der Waals surface area contributed by atoms with E-state index in [1.165, 1.54) is 5.56 Å². The van der Waals surface area contributed by atoms with Crippen molar-refractivity contribution >= 4 is 7.12 Å². The Morgan fingerprint density at radius 1 is 1.05 bits per heavy atom. The molecule has 1 unspecified atom stereocenters. The van der Waals surface area contributed by atoms with Gasteiger partial charge in [0.05, 0.1) is 11.2 Å². The van der Waals surface area contributed by atoms with Gasteiger partial charge < -0.3 is 9.31 Å². The summed E-state index contributed by atoms with van der Waals surface area (Å²) in [6, 6.07) is 10.7. The fraction of sp³-hybridized carbons (Fsp3) is 0.579. The summed E-state index contributed by atoms with van der Waals surface area (Å²) in [5.41, 5.74) is 0.893. The molecule has 22 heavy (non-hydrogen) atoms.